The second-order valence-electron chi connectivity index (χ2n) is 6.64. The Morgan fingerprint density at radius 2 is 1.76 bits per heavy atom. The van der Waals surface area contributed by atoms with Gasteiger partial charge in [0.05, 0.1) is 17.5 Å². The summed E-state index contributed by atoms with van der Waals surface area (Å²) in [5.74, 6) is -0.255. The molecule has 0 aliphatic carbocycles. The number of aliphatic hydroxyl groups is 1. The van der Waals surface area contributed by atoms with Gasteiger partial charge in [-0.15, -0.1) is 0 Å². The Labute approximate surface area is 146 Å². The average Bonchev–Trinajstić information content (AvgIpc) is 2.99. The number of halogens is 1. The van der Waals surface area contributed by atoms with Crippen molar-refractivity contribution in [3.05, 3.63) is 71.7 Å². The number of nitrogens with zero attached hydrogens (tertiary/aromatic N) is 3. The van der Waals surface area contributed by atoms with Gasteiger partial charge in [0.25, 0.3) is 0 Å². The highest BCUT2D eigenvalue weighted by atomic mass is 19.1. The van der Waals surface area contributed by atoms with E-state index in [0.717, 1.165) is 29.1 Å². The molecular weight excluding hydrogens is 317 g/mol. The van der Waals surface area contributed by atoms with Crippen LogP contribution < -0.4 is 0 Å². The molecule has 0 radical (unpaired) electrons. The van der Waals surface area contributed by atoms with E-state index < -0.39 is 0 Å². The van der Waals surface area contributed by atoms with Crippen LogP contribution in [0.1, 0.15) is 11.1 Å². The summed E-state index contributed by atoms with van der Waals surface area (Å²) in [6.07, 6.45) is 1.79. The number of hydrogen-bond donors (Lipinski definition) is 1. The van der Waals surface area contributed by atoms with E-state index in [2.05, 4.69) is 24.0 Å². The Balaban J connectivity index is 1.71. The first-order chi connectivity index (χ1) is 12.1. The van der Waals surface area contributed by atoms with Crippen LogP contribution in [-0.4, -0.2) is 39.0 Å². The van der Waals surface area contributed by atoms with Gasteiger partial charge in [0.1, 0.15) is 5.82 Å². The van der Waals surface area contributed by atoms with Gasteiger partial charge in [0, 0.05) is 37.0 Å². The second-order valence-corrected chi connectivity index (χ2v) is 6.64. The van der Waals surface area contributed by atoms with Crippen molar-refractivity contribution in [2.45, 2.75) is 19.6 Å². The van der Waals surface area contributed by atoms with Crippen LogP contribution in [0.3, 0.4) is 0 Å². The Hall–Kier alpha value is -2.50. The highest BCUT2D eigenvalue weighted by Gasteiger charge is 2.26. The van der Waals surface area contributed by atoms with Crippen LogP contribution in [0.25, 0.3) is 16.9 Å². The molecule has 128 valence electrons. The predicted molar refractivity (Wildman–Crippen MR) is 95.0 cm³/mol. The maximum absolute atomic E-state index is 13.3. The predicted octanol–water partition coefficient (Wildman–Crippen LogP) is 3.16. The lowest BCUT2D eigenvalue weighted by atomic mass is 10.1. The van der Waals surface area contributed by atoms with Gasteiger partial charge < -0.3 is 5.11 Å². The summed E-state index contributed by atoms with van der Waals surface area (Å²) in [5.41, 5.74) is 5.00. The zero-order valence-corrected chi connectivity index (χ0v) is 14.1. The van der Waals surface area contributed by atoms with Crippen molar-refractivity contribution in [2.24, 2.45) is 0 Å². The maximum Gasteiger partial charge on any atom is 0.123 e. The van der Waals surface area contributed by atoms with Crippen LogP contribution in [0.4, 0.5) is 4.39 Å². The molecule has 1 aromatic heterocycles. The molecule has 25 heavy (non-hydrogen) atoms. The molecule has 0 spiro atoms. The van der Waals surface area contributed by atoms with E-state index in [4.69, 9.17) is 5.10 Å². The molecular formula is C20H20FN3O. The molecule has 2 heterocycles. The van der Waals surface area contributed by atoms with E-state index in [0.29, 0.717) is 13.1 Å². The summed E-state index contributed by atoms with van der Waals surface area (Å²) in [7, 11) is 0. The molecule has 0 saturated carbocycles. The Morgan fingerprint density at radius 3 is 2.40 bits per heavy atom. The molecule has 1 fully saturated rings. The van der Waals surface area contributed by atoms with E-state index in [1.165, 1.54) is 17.7 Å². The van der Waals surface area contributed by atoms with Gasteiger partial charge in [-0.2, -0.15) is 5.10 Å². The van der Waals surface area contributed by atoms with E-state index in [1.807, 2.05) is 23.0 Å². The van der Waals surface area contributed by atoms with Crippen LogP contribution >= 0.6 is 0 Å². The molecule has 1 N–H and O–H groups in total. The third kappa shape index (κ3) is 3.34. The van der Waals surface area contributed by atoms with Gasteiger partial charge in [-0.05, 0) is 43.3 Å². The van der Waals surface area contributed by atoms with Crippen LogP contribution in [-0.2, 0) is 6.54 Å². The smallest absolute Gasteiger partial charge is 0.123 e. The maximum atomic E-state index is 13.3. The van der Waals surface area contributed by atoms with Crippen LogP contribution in [0.15, 0.2) is 54.7 Å². The molecule has 0 unspecified atom stereocenters. The lowest BCUT2D eigenvalue weighted by Crippen LogP contribution is -2.49. The van der Waals surface area contributed by atoms with Crippen molar-refractivity contribution in [1.82, 2.24) is 14.7 Å². The summed E-state index contributed by atoms with van der Waals surface area (Å²) in [6.45, 7) is 4.13. The molecule has 4 rings (SSSR count). The summed E-state index contributed by atoms with van der Waals surface area (Å²) < 4.78 is 15.1. The van der Waals surface area contributed by atoms with Crippen molar-refractivity contribution >= 4 is 0 Å². The zero-order chi connectivity index (χ0) is 17.4. The molecule has 4 nitrogen and oxygen atoms in total. The van der Waals surface area contributed by atoms with E-state index in [-0.39, 0.29) is 11.9 Å². The number of hydrogen-bond acceptors (Lipinski definition) is 3. The average molecular weight is 337 g/mol. The normalized spacial score (nSPS) is 15.3. The van der Waals surface area contributed by atoms with Crippen molar-refractivity contribution in [3.8, 4) is 16.9 Å². The zero-order valence-electron chi connectivity index (χ0n) is 14.1. The molecule has 1 saturated heterocycles. The standard InChI is InChI=1S/C20H20FN3O/c1-14-2-8-18(9-3-14)24-11-16(10-23-12-19(25)13-23)20(22-24)15-4-6-17(21)7-5-15/h2-9,11,19,25H,10,12-13H2,1H3. The van der Waals surface area contributed by atoms with Gasteiger partial charge >= 0.3 is 0 Å². The van der Waals surface area contributed by atoms with Crippen molar-refractivity contribution in [3.63, 3.8) is 0 Å². The highest BCUT2D eigenvalue weighted by molar-refractivity contribution is 5.63. The van der Waals surface area contributed by atoms with Crippen LogP contribution in [0, 0.1) is 12.7 Å². The first-order valence-corrected chi connectivity index (χ1v) is 8.40. The highest BCUT2D eigenvalue weighted by Crippen LogP contribution is 2.26. The summed E-state index contributed by atoms with van der Waals surface area (Å²) in [5, 5.41) is 14.3. The van der Waals surface area contributed by atoms with Gasteiger partial charge in [-0.25, -0.2) is 9.07 Å². The molecule has 2 aromatic carbocycles. The second kappa shape index (κ2) is 6.43. The van der Waals surface area contributed by atoms with E-state index >= 15 is 0 Å². The first-order valence-electron chi connectivity index (χ1n) is 8.40. The molecule has 1 aliphatic rings. The number of aryl methyl sites for hydroxylation is 1. The fourth-order valence-electron chi connectivity index (χ4n) is 3.12. The van der Waals surface area contributed by atoms with Crippen LogP contribution in [0.5, 0.6) is 0 Å². The number of likely N-dealkylation sites (tertiary alicyclic amines) is 1. The van der Waals surface area contributed by atoms with Gasteiger partial charge in [0.15, 0.2) is 0 Å². The molecule has 1 aliphatic heterocycles. The van der Waals surface area contributed by atoms with Gasteiger partial charge in [0.2, 0.25) is 0 Å². The molecule has 0 bridgehead atoms. The number of β-amino-alcohol motifs (C(OH)–C–C–N with tert-alkyl or cyclic N) is 1. The SMILES string of the molecule is Cc1ccc(-n2cc(CN3CC(O)C3)c(-c3ccc(F)cc3)n2)cc1. The fourth-order valence-corrected chi connectivity index (χ4v) is 3.12. The Bertz CT molecular complexity index is 865. The third-order valence-corrected chi connectivity index (χ3v) is 4.54. The molecule has 5 heteroatoms. The number of aliphatic hydroxyl groups excluding tert-OH is 1. The van der Waals surface area contributed by atoms with E-state index in [9.17, 15) is 9.50 Å². The minimum Gasteiger partial charge on any atom is -0.390 e. The summed E-state index contributed by atoms with van der Waals surface area (Å²) >= 11 is 0. The molecule has 0 amide bonds. The molecule has 0 atom stereocenters. The van der Waals surface area contributed by atoms with Crippen molar-refractivity contribution < 1.29 is 9.50 Å². The minimum absolute atomic E-state index is 0.235. The van der Waals surface area contributed by atoms with Crippen molar-refractivity contribution in [1.29, 1.82) is 0 Å². The largest absolute Gasteiger partial charge is 0.390 e. The Morgan fingerprint density at radius 1 is 1.08 bits per heavy atom. The monoisotopic (exact) mass is 337 g/mol. The van der Waals surface area contributed by atoms with Crippen molar-refractivity contribution in [2.75, 3.05) is 13.1 Å². The summed E-state index contributed by atoms with van der Waals surface area (Å²) in [4.78, 5) is 2.17. The quantitative estimate of drug-likeness (QED) is 0.795. The lowest BCUT2D eigenvalue weighted by molar-refractivity contribution is -0.00278. The third-order valence-electron chi connectivity index (χ3n) is 4.54. The topological polar surface area (TPSA) is 41.3 Å². The lowest BCUT2D eigenvalue weighted by Gasteiger charge is -2.35. The van der Waals surface area contributed by atoms with E-state index in [1.54, 1.807) is 12.1 Å². The number of rotatable bonds is 4. The van der Waals surface area contributed by atoms with Gasteiger partial charge in [-0.3, -0.25) is 4.90 Å². The fraction of sp³-hybridized carbons (Fsp3) is 0.250. The van der Waals surface area contributed by atoms with Gasteiger partial charge in [-0.1, -0.05) is 17.7 Å². The van der Waals surface area contributed by atoms with Crippen LogP contribution in [0.2, 0.25) is 0 Å². The summed E-state index contributed by atoms with van der Waals surface area (Å²) in [6, 6.07) is 14.6. The minimum atomic E-state index is -0.255. The first kappa shape index (κ1) is 16.0. The molecule has 3 aromatic rings. The number of aromatic nitrogens is 2. The Kier molecular flexibility index (Phi) is 4.11. The number of benzene rings is 2.